The van der Waals surface area contributed by atoms with Crippen LogP contribution in [0.3, 0.4) is 0 Å². The highest BCUT2D eigenvalue weighted by molar-refractivity contribution is 7.22. The van der Waals surface area contributed by atoms with Gasteiger partial charge in [0.2, 0.25) is 5.91 Å². The summed E-state index contributed by atoms with van der Waals surface area (Å²) in [5.74, 6) is -0.562. The Labute approximate surface area is 196 Å². The standard InChI is InChI=1S/C23H28N6O3S/c1-13-6-8-15(9-7-13)20(31)26-22-25-19-18(33-22)17(27-29(19)23(3,4)5)21(32)28-11-10-16(12-28)24-14(2)30/h6-9,16H,10-12H2,1-5H3,(H,24,30)(H,25,26,31)/t16-/m0/s1. The van der Waals surface area contributed by atoms with E-state index < -0.39 is 5.54 Å². The molecular weight excluding hydrogens is 440 g/mol. The molecule has 3 aromatic rings. The number of aromatic nitrogens is 3. The Morgan fingerprint density at radius 3 is 2.48 bits per heavy atom. The molecule has 4 rings (SSSR count). The summed E-state index contributed by atoms with van der Waals surface area (Å²) in [4.78, 5) is 43.7. The SMILES string of the molecule is CC(=O)N[C@H]1CCN(C(=O)c2nn(C(C)(C)C)c3nc(NC(=O)c4ccc(C)cc4)sc23)C1. The van der Waals surface area contributed by atoms with Crippen molar-refractivity contribution in [1.29, 1.82) is 0 Å². The number of hydrogen-bond donors (Lipinski definition) is 2. The number of rotatable bonds is 4. The topological polar surface area (TPSA) is 109 Å². The summed E-state index contributed by atoms with van der Waals surface area (Å²) < 4.78 is 2.37. The molecule has 9 nitrogen and oxygen atoms in total. The number of aryl methyl sites for hydroxylation is 1. The average molecular weight is 469 g/mol. The van der Waals surface area contributed by atoms with Crippen LogP contribution in [0.5, 0.6) is 0 Å². The Morgan fingerprint density at radius 1 is 1.15 bits per heavy atom. The molecule has 1 aromatic carbocycles. The number of hydrogen-bond acceptors (Lipinski definition) is 6. The van der Waals surface area contributed by atoms with Crippen molar-refractivity contribution in [2.45, 2.75) is 52.6 Å². The van der Waals surface area contributed by atoms with E-state index >= 15 is 0 Å². The fourth-order valence-electron chi connectivity index (χ4n) is 3.84. The number of thiazole rings is 1. The summed E-state index contributed by atoms with van der Waals surface area (Å²) in [6, 6.07) is 7.24. The molecule has 2 N–H and O–H groups in total. The van der Waals surface area contributed by atoms with E-state index in [1.54, 1.807) is 21.7 Å². The number of anilines is 1. The van der Waals surface area contributed by atoms with Gasteiger partial charge >= 0.3 is 0 Å². The zero-order valence-corrected chi connectivity index (χ0v) is 20.2. The van der Waals surface area contributed by atoms with Crippen LogP contribution >= 0.6 is 11.3 Å². The van der Waals surface area contributed by atoms with Gasteiger partial charge in [-0.3, -0.25) is 19.7 Å². The lowest BCUT2D eigenvalue weighted by molar-refractivity contribution is -0.119. The Kier molecular flexibility index (Phi) is 5.96. The molecule has 33 heavy (non-hydrogen) atoms. The predicted molar refractivity (Wildman–Crippen MR) is 128 cm³/mol. The normalized spacial score (nSPS) is 16.3. The number of nitrogens with one attached hydrogen (secondary N) is 2. The second-order valence-corrected chi connectivity index (χ2v) is 10.4. The van der Waals surface area contributed by atoms with E-state index in [1.807, 2.05) is 39.8 Å². The van der Waals surface area contributed by atoms with Crippen molar-refractivity contribution in [3.63, 3.8) is 0 Å². The zero-order chi connectivity index (χ0) is 23.9. The van der Waals surface area contributed by atoms with Crippen molar-refractivity contribution < 1.29 is 14.4 Å². The second-order valence-electron chi connectivity index (χ2n) is 9.36. The van der Waals surface area contributed by atoms with Crippen molar-refractivity contribution in [1.82, 2.24) is 25.0 Å². The molecule has 10 heteroatoms. The van der Waals surface area contributed by atoms with E-state index in [9.17, 15) is 14.4 Å². The predicted octanol–water partition coefficient (Wildman–Crippen LogP) is 3.16. The Balaban J connectivity index is 1.64. The third-order valence-corrected chi connectivity index (χ3v) is 6.45. The van der Waals surface area contributed by atoms with Crippen molar-refractivity contribution in [3.8, 4) is 0 Å². The summed E-state index contributed by atoms with van der Waals surface area (Å²) in [5.41, 5.74) is 2.08. The van der Waals surface area contributed by atoms with Crippen molar-refractivity contribution >= 4 is 44.5 Å². The number of fused-ring (bicyclic) bond motifs is 1. The van der Waals surface area contributed by atoms with Crippen LogP contribution in [-0.2, 0) is 10.3 Å². The molecule has 0 spiro atoms. The first-order chi connectivity index (χ1) is 15.5. The molecule has 0 unspecified atom stereocenters. The molecule has 1 saturated heterocycles. The van der Waals surface area contributed by atoms with E-state index in [0.717, 1.165) is 5.56 Å². The molecule has 0 radical (unpaired) electrons. The maximum Gasteiger partial charge on any atom is 0.275 e. The Bertz CT molecular complexity index is 1220. The second kappa shape index (κ2) is 8.58. The zero-order valence-electron chi connectivity index (χ0n) is 19.4. The summed E-state index contributed by atoms with van der Waals surface area (Å²) in [6.07, 6.45) is 0.703. The molecule has 3 amide bonds. The highest BCUT2D eigenvalue weighted by Crippen LogP contribution is 2.33. The van der Waals surface area contributed by atoms with Gasteiger partial charge in [0.05, 0.1) is 5.54 Å². The maximum atomic E-state index is 13.3. The van der Waals surface area contributed by atoms with Crippen LogP contribution in [0.1, 0.15) is 60.5 Å². The first-order valence-electron chi connectivity index (χ1n) is 10.9. The first kappa shape index (κ1) is 22.9. The van der Waals surface area contributed by atoms with Crippen LogP contribution < -0.4 is 10.6 Å². The molecule has 1 fully saturated rings. The number of carbonyl (C=O) groups excluding carboxylic acids is 3. The van der Waals surface area contributed by atoms with Crippen LogP contribution in [0, 0.1) is 6.92 Å². The van der Waals surface area contributed by atoms with Crippen LogP contribution in [0.15, 0.2) is 24.3 Å². The van der Waals surface area contributed by atoms with Crippen LogP contribution in [0.2, 0.25) is 0 Å². The minimum atomic E-state index is -0.410. The number of likely N-dealkylation sites (tertiary alicyclic amines) is 1. The number of nitrogens with zero attached hydrogens (tertiary/aromatic N) is 4. The summed E-state index contributed by atoms with van der Waals surface area (Å²) in [5, 5.41) is 10.8. The van der Waals surface area contributed by atoms with Gasteiger partial charge in [0.1, 0.15) is 4.70 Å². The lowest BCUT2D eigenvalue weighted by Crippen LogP contribution is -2.37. The quantitative estimate of drug-likeness (QED) is 0.611. The highest BCUT2D eigenvalue weighted by Gasteiger charge is 2.33. The van der Waals surface area contributed by atoms with E-state index in [2.05, 4.69) is 20.7 Å². The average Bonchev–Trinajstić information content (AvgIpc) is 3.42. The van der Waals surface area contributed by atoms with E-state index in [0.29, 0.717) is 46.2 Å². The van der Waals surface area contributed by atoms with Gasteiger partial charge in [-0.25, -0.2) is 4.68 Å². The Hall–Kier alpha value is -3.27. The number of benzene rings is 1. The lowest BCUT2D eigenvalue weighted by atomic mass is 10.1. The first-order valence-corrected chi connectivity index (χ1v) is 11.7. The van der Waals surface area contributed by atoms with Crippen molar-refractivity contribution in [2.24, 2.45) is 0 Å². The molecular formula is C23H28N6O3S. The van der Waals surface area contributed by atoms with Crippen LogP contribution in [0.25, 0.3) is 10.3 Å². The summed E-state index contributed by atoms with van der Waals surface area (Å²) >= 11 is 1.24. The van der Waals surface area contributed by atoms with Gasteiger partial charge in [-0.1, -0.05) is 29.0 Å². The van der Waals surface area contributed by atoms with Gasteiger partial charge in [-0.05, 0) is 46.2 Å². The minimum absolute atomic E-state index is 0.0579. The monoisotopic (exact) mass is 468 g/mol. The van der Waals surface area contributed by atoms with E-state index in [-0.39, 0.29) is 23.8 Å². The molecule has 1 aliphatic heterocycles. The van der Waals surface area contributed by atoms with E-state index in [1.165, 1.54) is 18.3 Å². The molecule has 1 atom stereocenters. The van der Waals surface area contributed by atoms with E-state index in [4.69, 9.17) is 0 Å². The van der Waals surface area contributed by atoms with Gasteiger partial charge < -0.3 is 10.2 Å². The molecule has 0 aliphatic carbocycles. The summed E-state index contributed by atoms with van der Waals surface area (Å²) in [6.45, 7) is 10.4. The fraction of sp³-hybridized carbons (Fsp3) is 0.435. The third kappa shape index (κ3) is 4.75. The molecule has 0 saturated carbocycles. The molecule has 2 aromatic heterocycles. The smallest absolute Gasteiger partial charge is 0.275 e. The number of amides is 3. The summed E-state index contributed by atoms with van der Waals surface area (Å²) in [7, 11) is 0. The van der Waals surface area contributed by atoms with Gasteiger partial charge in [0, 0.05) is 31.6 Å². The van der Waals surface area contributed by atoms with Crippen LogP contribution in [0.4, 0.5) is 5.13 Å². The van der Waals surface area contributed by atoms with Gasteiger partial charge in [0.25, 0.3) is 11.8 Å². The fourth-order valence-corrected chi connectivity index (χ4v) is 4.76. The lowest BCUT2D eigenvalue weighted by Gasteiger charge is -2.19. The largest absolute Gasteiger partial charge is 0.352 e. The van der Waals surface area contributed by atoms with Crippen molar-refractivity contribution in [2.75, 3.05) is 18.4 Å². The van der Waals surface area contributed by atoms with Crippen molar-refractivity contribution in [3.05, 3.63) is 41.1 Å². The Morgan fingerprint density at radius 2 is 1.85 bits per heavy atom. The molecule has 3 heterocycles. The maximum absolute atomic E-state index is 13.3. The highest BCUT2D eigenvalue weighted by atomic mass is 32.1. The third-order valence-electron chi connectivity index (χ3n) is 5.48. The van der Waals surface area contributed by atoms with Gasteiger partial charge in [0.15, 0.2) is 16.5 Å². The van der Waals surface area contributed by atoms with Crippen LogP contribution in [-0.4, -0.2) is 56.5 Å². The molecule has 1 aliphatic rings. The number of carbonyl (C=O) groups is 3. The van der Waals surface area contributed by atoms with Gasteiger partial charge in [-0.2, -0.15) is 10.1 Å². The molecule has 0 bridgehead atoms. The molecule has 174 valence electrons. The van der Waals surface area contributed by atoms with Gasteiger partial charge in [-0.15, -0.1) is 0 Å². The minimum Gasteiger partial charge on any atom is -0.352 e.